The van der Waals surface area contributed by atoms with Gasteiger partial charge in [-0.3, -0.25) is 4.79 Å². The highest BCUT2D eigenvalue weighted by atomic mass is 28.4. The zero-order valence-electron chi connectivity index (χ0n) is 27.2. The van der Waals surface area contributed by atoms with E-state index in [-0.39, 0.29) is 17.2 Å². The van der Waals surface area contributed by atoms with E-state index >= 15 is 0 Å². The summed E-state index contributed by atoms with van der Waals surface area (Å²) in [5, 5.41) is 0. The van der Waals surface area contributed by atoms with Gasteiger partial charge >= 0.3 is 5.97 Å². The maximum atomic E-state index is 13.3. The molecule has 4 aromatic rings. The third-order valence-electron chi connectivity index (χ3n) is 8.01. The van der Waals surface area contributed by atoms with Crippen LogP contribution >= 0.6 is 0 Å². The molecule has 44 heavy (non-hydrogen) atoms. The number of benzene rings is 4. The Morgan fingerprint density at radius 3 is 1.55 bits per heavy atom. The van der Waals surface area contributed by atoms with Gasteiger partial charge in [0.2, 0.25) is 0 Å². The Bertz CT molecular complexity index is 1610. The monoisotopic (exact) mass is 624 g/mol. The van der Waals surface area contributed by atoms with Crippen molar-refractivity contribution in [3.8, 4) is 11.5 Å². The Morgan fingerprint density at radius 1 is 0.636 bits per heavy atom. The molecule has 0 unspecified atom stereocenters. The number of hydrogen-bond acceptors (Lipinski definition) is 5. The third kappa shape index (κ3) is 8.22. The lowest BCUT2D eigenvalue weighted by molar-refractivity contribution is 0.0733. The van der Waals surface area contributed by atoms with Gasteiger partial charge < -0.3 is 13.6 Å². The van der Waals surface area contributed by atoms with Crippen LogP contribution in [-0.2, 0) is 21.6 Å². The van der Waals surface area contributed by atoms with Crippen LogP contribution in [0.25, 0.3) is 0 Å². The van der Waals surface area contributed by atoms with Crippen LogP contribution in [-0.4, -0.2) is 35.5 Å². The van der Waals surface area contributed by atoms with Gasteiger partial charge in [0.05, 0.1) is 12.7 Å². The third-order valence-corrected chi connectivity index (χ3v) is 14.9. The Hall–Kier alpha value is -3.79. The second-order valence-corrected chi connectivity index (χ2v) is 21.7. The summed E-state index contributed by atoms with van der Waals surface area (Å²) >= 11 is 0. The molecule has 0 spiro atoms. The van der Waals surface area contributed by atoms with E-state index in [2.05, 4.69) is 46.1 Å². The van der Waals surface area contributed by atoms with Gasteiger partial charge in [-0.05, 0) is 91.7 Å². The molecule has 0 fully saturated rings. The summed E-state index contributed by atoms with van der Waals surface area (Å²) in [6, 6.07) is 32.8. The SMILES string of the molecule is COc1ccccc1C[Si](C)(C)O[Si](C)(C)Cc1ccccc1OC(=O)c1ccc(C(C)(C)c2ccc(C(C)=O)cc2)cc1. The van der Waals surface area contributed by atoms with E-state index in [1.54, 1.807) is 14.0 Å². The molecule has 0 atom stereocenters. The van der Waals surface area contributed by atoms with Crippen LogP contribution < -0.4 is 9.47 Å². The summed E-state index contributed by atoms with van der Waals surface area (Å²) < 4.78 is 18.5. The quantitative estimate of drug-likeness (QED) is 0.0683. The number of esters is 1. The Balaban J connectivity index is 1.45. The van der Waals surface area contributed by atoms with Crippen LogP contribution in [0.3, 0.4) is 0 Å². The number of ether oxygens (including phenoxy) is 2. The number of ketones is 1. The molecule has 0 saturated carbocycles. The Morgan fingerprint density at radius 2 is 1.07 bits per heavy atom. The fourth-order valence-electron chi connectivity index (χ4n) is 5.81. The number of para-hydroxylation sites is 2. The number of rotatable bonds is 12. The van der Waals surface area contributed by atoms with Gasteiger partial charge in [-0.15, -0.1) is 0 Å². The molecule has 0 heterocycles. The van der Waals surface area contributed by atoms with Crippen molar-refractivity contribution >= 4 is 28.4 Å². The average molecular weight is 625 g/mol. The molecule has 7 heteroatoms. The van der Waals surface area contributed by atoms with Crippen molar-refractivity contribution in [1.29, 1.82) is 0 Å². The molecule has 0 bridgehead atoms. The standard InChI is InChI=1S/C37H44O5Si2/c1-27(38)28-17-21-32(22-18-28)37(2,3)33-23-19-29(20-24-33)36(39)41-35-16-12-10-14-31(35)26-44(7,8)42-43(5,6)25-30-13-9-11-15-34(30)40-4/h9-24H,25-26H2,1-8H3. The van der Waals surface area contributed by atoms with Crippen LogP contribution in [0.2, 0.25) is 26.2 Å². The number of carbonyl (C=O) groups excluding carboxylic acids is 2. The predicted octanol–water partition coefficient (Wildman–Crippen LogP) is 8.73. The zero-order valence-corrected chi connectivity index (χ0v) is 29.2. The molecular formula is C37H44O5Si2. The van der Waals surface area contributed by atoms with Crippen LogP contribution in [0.5, 0.6) is 11.5 Å². The Kier molecular flexibility index (Phi) is 10.1. The van der Waals surface area contributed by atoms with Crippen molar-refractivity contribution in [2.75, 3.05) is 7.11 Å². The summed E-state index contributed by atoms with van der Waals surface area (Å²) in [7, 11) is -2.55. The highest BCUT2D eigenvalue weighted by Crippen LogP contribution is 2.33. The molecule has 230 valence electrons. The fourth-order valence-corrected chi connectivity index (χ4v) is 14.8. The van der Waals surface area contributed by atoms with E-state index in [0.717, 1.165) is 34.5 Å². The second-order valence-electron chi connectivity index (χ2n) is 13.1. The van der Waals surface area contributed by atoms with Gasteiger partial charge in [0.1, 0.15) is 11.5 Å². The molecular weight excluding hydrogens is 581 g/mol. The molecule has 0 radical (unpaired) electrons. The number of Topliss-reactive ketones (excluding diaryl/α,β-unsaturated/α-hetero) is 1. The van der Waals surface area contributed by atoms with Crippen LogP contribution in [0.4, 0.5) is 0 Å². The zero-order chi connectivity index (χ0) is 32.1. The van der Waals surface area contributed by atoms with Crippen molar-refractivity contribution in [1.82, 2.24) is 0 Å². The second kappa shape index (κ2) is 13.5. The van der Waals surface area contributed by atoms with E-state index in [1.807, 2.05) is 91.0 Å². The summed E-state index contributed by atoms with van der Waals surface area (Å²) in [5.41, 5.74) is 5.19. The minimum absolute atomic E-state index is 0.0482. The molecule has 0 aliphatic heterocycles. The van der Waals surface area contributed by atoms with Crippen LogP contribution in [0.1, 0.15) is 63.7 Å². The smallest absolute Gasteiger partial charge is 0.343 e. The molecule has 0 amide bonds. The summed E-state index contributed by atoms with van der Waals surface area (Å²) in [6.45, 7) is 14.8. The van der Waals surface area contributed by atoms with E-state index in [1.165, 1.54) is 5.56 Å². The first-order chi connectivity index (χ1) is 20.7. The topological polar surface area (TPSA) is 61.8 Å². The van der Waals surface area contributed by atoms with Crippen molar-refractivity contribution in [2.24, 2.45) is 0 Å². The lowest BCUT2D eigenvalue weighted by Gasteiger charge is -2.34. The first-order valence-electron chi connectivity index (χ1n) is 15.0. The maximum Gasteiger partial charge on any atom is 0.343 e. The van der Waals surface area contributed by atoms with Crippen molar-refractivity contribution in [3.05, 3.63) is 130 Å². The number of hydrogen-bond donors (Lipinski definition) is 0. The maximum absolute atomic E-state index is 13.3. The predicted molar refractivity (Wildman–Crippen MR) is 183 cm³/mol. The minimum atomic E-state index is -2.18. The van der Waals surface area contributed by atoms with Crippen molar-refractivity contribution < 1.29 is 23.2 Å². The van der Waals surface area contributed by atoms with Crippen molar-refractivity contribution in [2.45, 2.75) is 64.5 Å². The Labute approximate surface area is 264 Å². The van der Waals surface area contributed by atoms with E-state index < -0.39 is 16.6 Å². The van der Waals surface area contributed by atoms with E-state index in [9.17, 15) is 9.59 Å². The molecule has 4 aromatic carbocycles. The first kappa shape index (κ1) is 33.1. The molecule has 0 N–H and O–H groups in total. The van der Waals surface area contributed by atoms with Gasteiger partial charge in [-0.1, -0.05) is 86.6 Å². The van der Waals surface area contributed by atoms with Gasteiger partial charge in [0.15, 0.2) is 22.4 Å². The average Bonchev–Trinajstić information content (AvgIpc) is 2.97. The molecule has 0 saturated heterocycles. The highest BCUT2D eigenvalue weighted by Gasteiger charge is 2.35. The molecule has 0 aliphatic rings. The van der Waals surface area contributed by atoms with Crippen molar-refractivity contribution in [3.63, 3.8) is 0 Å². The van der Waals surface area contributed by atoms with E-state index in [0.29, 0.717) is 16.9 Å². The van der Waals surface area contributed by atoms with Crippen LogP contribution in [0, 0.1) is 0 Å². The van der Waals surface area contributed by atoms with E-state index in [4.69, 9.17) is 13.6 Å². The number of methoxy groups -OCH3 is 1. The summed E-state index contributed by atoms with van der Waals surface area (Å²) in [5.74, 6) is 1.13. The van der Waals surface area contributed by atoms with Gasteiger partial charge in [0, 0.05) is 11.0 Å². The lowest BCUT2D eigenvalue weighted by atomic mass is 9.77. The molecule has 0 aliphatic carbocycles. The normalized spacial score (nSPS) is 12.1. The number of carbonyl (C=O) groups is 2. The minimum Gasteiger partial charge on any atom is -0.496 e. The molecule has 4 rings (SSSR count). The van der Waals surface area contributed by atoms with Gasteiger partial charge in [-0.2, -0.15) is 0 Å². The highest BCUT2D eigenvalue weighted by molar-refractivity contribution is 6.84. The van der Waals surface area contributed by atoms with Gasteiger partial charge in [0.25, 0.3) is 0 Å². The molecule has 0 aromatic heterocycles. The first-order valence-corrected chi connectivity index (χ1v) is 21.3. The summed E-state index contributed by atoms with van der Waals surface area (Å²) in [6.07, 6.45) is 0. The lowest BCUT2D eigenvalue weighted by Crippen LogP contribution is -2.47. The summed E-state index contributed by atoms with van der Waals surface area (Å²) in [4.78, 5) is 25.0. The largest absolute Gasteiger partial charge is 0.496 e. The fraction of sp³-hybridized carbons (Fsp3) is 0.297. The molecule has 5 nitrogen and oxygen atoms in total. The van der Waals surface area contributed by atoms with Crippen LogP contribution in [0.15, 0.2) is 97.1 Å². The van der Waals surface area contributed by atoms with Gasteiger partial charge in [-0.25, -0.2) is 4.79 Å².